The molecule has 0 bridgehead atoms. The van der Waals surface area contributed by atoms with E-state index in [9.17, 15) is 15.2 Å². The molecule has 1 aromatic carbocycles. The Hall–Kier alpha value is -1.18. The average Bonchev–Trinajstić information content (AvgIpc) is 2.59. The molecule has 1 aliphatic carbocycles. The summed E-state index contributed by atoms with van der Waals surface area (Å²) >= 11 is 3.39. The van der Waals surface area contributed by atoms with Crippen LogP contribution < -0.4 is 5.32 Å². The number of hydrogen-bond acceptors (Lipinski definition) is 5. The number of nitrogens with one attached hydrogen (secondary N) is 1. The van der Waals surface area contributed by atoms with Gasteiger partial charge in [0.15, 0.2) is 5.75 Å². The number of phenols is 1. The van der Waals surface area contributed by atoms with E-state index in [0.717, 1.165) is 39.0 Å². The number of nitrogens with zero attached hydrogens (tertiary/aromatic N) is 2. The van der Waals surface area contributed by atoms with Gasteiger partial charge in [-0.2, -0.15) is 0 Å². The van der Waals surface area contributed by atoms with Crippen LogP contribution in [0.1, 0.15) is 43.7 Å². The highest BCUT2D eigenvalue weighted by atomic mass is 79.9. The Kier molecular flexibility index (Phi) is 5.73. The highest BCUT2D eigenvalue weighted by molar-refractivity contribution is 9.10. The van der Waals surface area contributed by atoms with Crippen molar-refractivity contribution in [3.05, 3.63) is 32.3 Å². The van der Waals surface area contributed by atoms with Crippen molar-refractivity contribution in [3.8, 4) is 5.75 Å². The fraction of sp³-hybridized carbons (Fsp3) is 0.647. The van der Waals surface area contributed by atoms with E-state index < -0.39 is 4.92 Å². The second-order valence-electron chi connectivity index (χ2n) is 6.75. The Balaban J connectivity index is 2.02. The van der Waals surface area contributed by atoms with Crippen LogP contribution in [0.2, 0.25) is 0 Å². The van der Waals surface area contributed by atoms with Crippen molar-refractivity contribution in [2.75, 3.05) is 26.2 Å². The van der Waals surface area contributed by atoms with Crippen LogP contribution in [0.25, 0.3) is 0 Å². The van der Waals surface area contributed by atoms with E-state index >= 15 is 0 Å². The topological polar surface area (TPSA) is 78.6 Å². The predicted molar refractivity (Wildman–Crippen MR) is 96.2 cm³/mol. The number of rotatable bonds is 4. The van der Waals surface area contributed by atoms with Crippen molar-refractivity contribution in [2.24, 2.45) is 5.92 Å². The summed E-state index contributed by atoms with van der Waals surface area (Å²) in [6, 6.07) is 3.29. The van der Waals surface area contributed by atoms with Gasteiger partial charge in [0.25, 0.3) is 0 Å². The molecule has 0 unspecified atom stereocenters. The Labute approximate surface area is 150 Å². The van der Waals surface area contributed by atoms with Crippen molar-refractivity contribution in [1.29, 1.82) is 0 Å². The summed E-state index contributed by atoms with van der Waals surface area (Å²) in [4.78, 5) is 13.2. The summed E-state index contributed by atoms with van der Waals surface area (Å²) in [7, 11) is 0. The van der Waals surface area contributed by atoms with E-state index in [0.29, 0.717) is 16.0 Å². The van der Waals surface area contributed by atoms with Crippen molar-refractivity contribution < 1.29 is 10.0 Å². The molecular formula is C17H24BrN3O3. The van der Waals surface area contributed by atoms with Crippen LogP contribution in [-0.4, -0.2) is 41.1 Å². The van der Waals surface area contributed by atoms with Crippen LogP contribution in [-0.2, 0) is 0 Å². The van der Waals surface area contributed by atoms with E-state index in [1.54, 1.807) is 0 Å². The molecular weight excluding hydrogens is 374 g/mol. The van der Waals surface area contributed by atoms with Gasteiger partial charge in [-0.25, -0.2) is 0 Å². The zero-order valence-electron chi connectivity index (χ0n) is 13.7. The molecule has 0 spiro atoms. The fourth-order valence-corrected chi connectivity index (χ4v) is 4.59. The maximum absolute atomic E-state index is 11.3. The number of piperazine rings is 1. The zero-order chi connectivity index (χ0) is 17.1. The van der Waals surface area contributed by atoms with E-state index in [1.165, 1.54) is 25.3 Å². The minimum absolute atomic E-state index is 0.0450. The summed E-state index contributed by atoms with van der Waals surface area (Å²) in [5.74, 6) is 0.272. The minimum atomic E-state index is -0.501. The normalized spacial score (nSPS) is 21.5. The van der Waals surface area contributed by atoms with Crippen molar-refractivity contribution in [3.63, 3.8) is 0 Å². The van der Waals surface area contributed by atoms with E-state index in [1.807, 2.05) is 6.07 Å². The van der Waals surface area contributed by atoms with Gasteiger partial charge in [0.1, 0.15) is 0 Å². The first-order chi connectivity index (χ1) is 11.6. The summed E-state index contributed by atoms with van der Waals surface area (Å²) in [6.07, 6.45) is 5.90. The van der Waals surface area contributed by atoms with Gasteiger partial charge in [-0.05, 0) is 24.8 Å². The van der Waals surface area contributed by atoms with Gasteiger partial charge >= 0.3 is 5.69 Å². The molecule has 1 aromatic rings. The first-order valence-electron chi connectivity index (χ1n) is 8.69. The number of halogens is 1. The standard InChI is InChI=1S/C17H24BrN3O3/c18-13-10-14(17(22)15(11-13)21(23)24)16(12-4-2-1-3-5-12)20-8-6-19-7-9-20/h10-12,16,19,22H,1-9H2/t16-/m0/s1. The molecule has 2 fully saturated rings. The van der Waals surface area contributed by atoms with Gasteiger partial charge in [-0.3, -0.25) is 15.0 Å². The first-order valence-corrected chi connectivity index (χ1v) is 9.49. The quantitative estimate of drug-likeness (QED) is 0.599. The summed E-state index contributed by atoms with van der Waals surface area (Å²) in [6.45, 7) is 3.64. The van der Waals surface area contributed by atoms with Crippen molar-refractivity contribution in [1.82, 2.24) is 10.2 Å². The monoisotopic (exact) mass is 397 g/mol. The maximum Gasteiger partial charge on any atom is 0.312 e. The van der Waals surface area contributed by atoms with Gasteiger partial charge in [0.2, 0.25) is 0 Å². The lowest BCUT2D eigenvalue weighted by Crippen LogP contribution is -2.47. The summed E-state index contributed by atoms with van der Waals surface area (Å²) in [5, 5.41) is 25.3. The number of benzene rings is 1. The van der Waals surface area contributed by atoms with Crippen molar-refractivity contribution >= 4 is 21.6 Å². The minimum Gasteiger partial charge on any atom is -0.502 e. The largest absolute Gasteiger partial charge is 0.502 e. The Morgan fingerprint density at radius 3 is 2.54 bits per heavy atom. The molecule has 0 radical (unpaired) electrons. The summed E-state index contributed by atoms with van der Waals surface area (Å²) < 4.78 is 0.651. The van der Waals surface area contributed by atoms with Gasteiger partial charge in [-0.1, -0.05) is 35.2 Å². The third kappa shape index (κ3) is 3.73. The molecule has 6 nitrogen and oxygen atoms in total. The molecule has 132 valence electrons. The lowest BCUT2D eigenvalue weighted by molar-refractivity contribution is -0.386. The Bertz CT molecular complexity index is 581. The highest BCUT2D eigenvalue weighted by Gasteiger charge is 2.35. The molecule has 0 amide bonds. The third-order valence-electron chi connectivity index (χ3n) is 5.24. The van der Waals surface area contributed by atoms with Gasteiger partial charge in [0, 0.05) is 48.3 Å². The Morgan fingerprint density at radius 1 is 1.25 bits per heavy atom. The average molecular weight is 398 g/mol. The molecule has 2 aliphatic rings. The van der Waals surface area contributed by atoms with Crippen LogP contribution in [0.3, 0.4) is 0 Å². The smallest absolute Gasteiger partial charge is 0.312 e. The van der Waals surface area contributed by atoms with E-state index in [4.69, 9.17) is 0 Å². The first kappa shape index (κ1) is 17.6. The molecule has 1 atom stereocenters. The van der Waals surface area contributed by atoms with Crippen LogP contribution in [0.4, 0.5) is 5.69 Å². The number of hydrogen-bond donors (Lipinski definition) is 2. The lowest BCUT2D eigenvalue weighted by Gasteiger charge is -2.41. The second kappa shape index (κ2) is 7.80. The number of nitro benzene ring substituents is 1. The number of phenolic OH excluding ortho intramolecular Hbond substituents is 1. The third-order valence-corrected chi connectivity index (χ3v) is 5.70. The molecule has 1 aliphatic heterocycles. The summed E-state index contributed by atoms with van der Waals surface area (Å²) in [5.41, 5.74) is 0.486. The van der Waals surface area contributed by atoms with Crippen LogP contribution >= 0.6 is 15.9 Å². The van der Waals surface area contributed by atoms with Gasteiger partial charge in [-0.15, -0.1) is 0 Å². The van der Waals surface area contributed by atoms with E-state index in [2.05, 4.69) is 26.1 Å². The van der Waals surface area contributed by atoms with Crippen molar-refractivity contribution in [2.45, 2.75) is 38.1 Å². The molecule has 7 heteroatoms. The van der Waals surface area contributed by atoms with Crippen LogP contribution in [0.15, 0.2) is 16.6 Å². The van der Waals surface area contributed by atoms with Crippen LogP contribution in [0.5, 0.6) is 5.75 Å². The molecule has 1 heterocycles. The molecule has 24 heavy (non-hydrogen) atoms. The Morgan fingerprint density at radius 2 is 1.92 bits per heavy atom. The lowest BCUT2D eigenvalue weighted by atomic mass is 9.79. The second-order valence-corrected chi connectivity index (χ2v) is 7.66. The molecule has 1 saturated carbocycles. The predicted octanol–water partition coefficient (Wildman–Crippen LogP) is 3.59. The zero-order valence-corrected chi connectivity index (χ0v) is 15.3. The molecule has 1 saturated heterocycles. The highest BCUT2D eigenvalue weighted by Crippen LogP contribution is 2.45. The van der Waals surface area contributed by atoms with Crippen LogP contribution in [0, 0.1) is 16.0 Å². The molecule has 3 rings (SSSR count). The maximum atomic E-state index is 11.3. The van der Waals surface area contributed by atoms with E-state index in [-0.39, 0.29) is 17.5 Å². The number of nitro groups is 1. The molecule has 0 aromatic heterocycles. The fourth-order valence-electron chi connectivity index (χ4n) is 4.13. The van der Waals surface area contributed by atoms with Gasteiger partial charge < -0.3 is 10.4 Å². The SMILES string of the molecule is O=[N+]([O-])c1cc(Br)cc([C@H](C2CCCCC2)N2CCNCC2)c1O. The number of aromatic hydroxyl groups is 1. The molecule has 2 N–H and O–H groups in total. The van der Waals surface area contributed by atoms with Gasteiger partial charge in [0.05, 0.1) is 4.92 Å².